The monoisotopic (exact) mass is 292 g/mol. The van der Waals surface area contributed by atoms with Crippen LogP contribution < -0.4 is 10.1 Å². The maximum absolute atomic E-state index is 6.10. The lowest BCUT2D eigenvalue weighted by molar-refractivity contribution is -0.0846. The van der Waals surface area contributed by atoms with E-state index in [9.17, 15) is 0 Å². The van der Waals surface area contributed by atoms with E-state index in [-0.39, 0.29) is 17.3 Å². The molecule has 4 heteroatoms. The summed E-state index contributed by atoms with van der Waals surface area (Å²) in [4.78, 5) is 4.45. The Morgan fingerprint density at radius 1 is 1.33 bits per heavy atom. The van der Waals surface area contributed by atoms with Gasteiger partial charge in [0.1, 0.15) is 17.5 Å². The van der Waals surface area contributed by atoms with Crippen molar-refractivity contribution in [2.24, 2.45) is 0 Å². The Bertz CT molecular complexity index is 454. The first-order chi connectivity index (χ1) is 9.82. The van der Waals surface area contributed by atoms with E-state index in [1.54, 1.807) is 0 Å². The molecule has 0 aliphatic carbocycles. The lowest BCUT2D eigenvalue weighted by Crippen LogP contribution is -2.36. The van der Waals surface area contributed by atoms with Crippen LogP contribution in [0.5, 0.6) is 5.75 Å². The van der Waals surface area contributed by atoms with E-state index in [4.69, 9.17) is 9.47 Å². The van der Waals surface area contributed by atoms with Crippen molar-refractivity contribution >= 4 is 0 Å². The normalized spacial score (nSPS) is 23.2. The van der Waals surface area contributed by atoms with Crippen LogP contribution in [0, 0.1) is 0 Å². The predicted octanol–water partition coefficient (Wildman–Crippen LogP) is 3.31. The maximum Gasteiger partial charge on any atom is 0.138 e. The van der Waals surface area contributed by atoms with Crippen LogP contribution in [0.2, 0.25) is 0 Å². The second-order valence-corrected chi connectivity index (χ2v) is 6.94. The molecule has 0 amide bonds. The van der Waals surface area contributed by atoms with Gasteiger partial charge in [0.2, 0.25) is 0 Å². The highest BCUT2D eigenvalue weighted by atomic mass is 16.6. The third-order valence-electron chi connectivity index (χ3n) is 3.80. The Morgan fingerprint density at radius 2 is 2.10 bits per heavy atom. The fourth-order valence-corrected chi connectivity index (χ4v) is 2.84. The molecule has 1 aliphatic rings. The van der Waals surface area contributed by atoms with Gasteiger partial charge in [0.15, 0.2) is 0 Å². The standard InChI is InChI=1S/C17H28N2O2/c1-6-9-18-11-13-7-8-14(12-19-13)20-15-10-16(2,3)21-17(15,4)5/h7-8,12,15,18H,6,9-11H2,1-5H3. The van der Waals surface area contributed by atoms with E-state index < -0.39 is 0 Å². The average molecular weight is 292 g/mol. The topological polar surface area (TPSA) is 43.4 Å². The molecule has 1 N–H and O–H groups in total. The molecule has 1 unspecified atom stereocenters. The summed E-state index contributed by atoms with van der Waals surface area (Å²) in [6.45, 7) is 12.4. The molecule has 1 fully saturated rings. The van der Waals surface area contributed by atoms with Gasteiger partial charge in [0, 0.05) is 13.0 Å². The maximum atomic E-state index is 6.10. The zero-order chi connectivity index (χ0) is 15.5. The third-order valence-corrected chi connectivity index (χ3v) is 3.80. The molecule has 21 heavy (non-hydrogen) atoms. The minimum Gasteiger partial charge on any atom is -0.486 e. The molecule has 1 aromatic rings. The summed E-state index contributed by atoms with van der Waals surface area (Å²) in [6, 6.07) is 4.02. The van der Waals surface area contributed by atoms with Gasteiger partial charge in [0.25, 0.3) is 0 Å². The number of ether oxygens (including phenoxy) is 2. The molecule has 4 nitrogen and oxygen atoms in total. The van der Waals surface area contributed by atoms with Crippen LogP contribution in [0.1, 0.15) is 53.2 Å². The van der Waals surface area contributed by atoms with E-state index in [1.165, 1.54) is 0 Å². The minimum absolute atomic E-state index is 0.0540. The molecular weight excluding hydrogens is 264 g/mol. The first-order valence-corrected chi connectivity index (χ1v) is 7.85. The van der Waals surface area contributed by atoms with Crippen LogP contribution in [-0.4, -0.2) is 28.8 Å². The first-order valence-electron chi connectivity index (χ1n) is 7.85. The van der Waals surface area contributed by atoms with Crippen molar-refractivity contribution in [3.63, 3.8) is 0 Å². The SMILES string of the molecule is CCCNCc1ccc(OC2CC(C)(C)OC2(C)C)cn1. The zero-order valence-corrected chi connectivity index (χ0v) is 13.9. The van der Waals surface area contributed by atoms with Crippen LogP contribution in [0.3, 0.4) is 0 Å². The second kappa shape index (κ2) is 6.32. The van der Waals surface area contributed by atoms with Gasteiger partial charge in [-0.3, -0.25) is 4.98 Å². The van der Waals surface area contributed by atoms with Crippen LogP contribution >= 0.6 is 0 Å². The molecule has 1 atom stereocenters. The number of aromatic nitrogens is 1. The molecule has 0 aromatic carbocycles. The summed E-state index contributed by atoms with van der Waals surface area (Å²) < 4.78 is 12.2. The van der Waals surface area contributed by atoms with Crippen molar-refractivity contribution in [3.8, 4) is 5.75 Å². The van der Waals surface area contributed by atoms with Crippen molar-refractivity contribution < 1.29 is 9.47 Å². The van der Waals surface area contributed by atoms with Crippen molar-refractivity contribution in [3.05, 3.63) is 24.0 Å². The highest BCUT2D eigenvalue weighted by Gasteiger charge is 2.47. The Balaban J connectivity index is 1.94. The van der Waals surface area contributed by atoms with Gasteiger partial charge in [-0.05, 0) is 52.8 Å². The number of nitrogens with one attached hydrogen (secondary N) is 1. The van der Waals surface area contributed by atoms with Gasteiger partial charge in [-0.2, -0.15) is 0 Å². The summed E-state index contributed by atoms with van der Waals surface area (Å²) in [5.74, 6) is 0.814. The summed E-state index contributed by atoms with van der Waals surface area (Å²) in [5.41, 5.74) is 0.634. The van der Waals surface area contributed by atoms with E-state index in [1.807, 2.05) is 18.3 Å². The van der Waals surface area contributed by atoms with E-state index >= 15 is 0 Å². The van der Waals surface area contributed by atoms with Crippen molar-refractivity contribution in [1.29, 1.82) is 0 Å². The smallest absolute Gasteiger partial charge is 0.138 e. The van der Waals surface area contributed by atoms with Crippen LogP contribution in [-0.2, 0) is 11.3 Å². The van der Waals surface area contributed by atoms with Crippen LogP contribution in [0.25, 0.3) is 0 Å². The Morgan fingerprint density at radius 3 is 2.62 bits per heavy atom. The van der Waals surface area contributed by atoms with Crippen LogP contribution in [0.15, 0.2) is 18.3 Å². The van der Waals surface area contributed by atoms with Crippen molar-refractivity contribution in [2.75, 3.05) is 6.54 Å². The summed E-state index contributed by atoms with van der Waals surface area (Å²) in [6.07, 6.45) is 3.89. The number of rotatable bonds is 6. The molecule has 0 saturated carbocycles. The molecule has 0 radical (unpaired) electrons. The lowest BCUT2D eigenvalue weighted by atomic mass is 9.97. The van der Waals surface area contributed by atoms with E-state index in [0.717, 1.165) is 37.4 Å². The predicted molar refractivity (Wildman–Crippen MR) is 84.5 cm³/mol. The Hall–Kier alpha value is -1.13. The molecule has 118 valence electrons. The average Bonchev–Trinajstić information content (AvgIpc) is 2.59. The fourth-order valence-electron chi connectivity index (χ4n) is 2.84. The number of hydrogen-bond acceptors (Lipinski definition) is 4. The van der Waals surface area contributed by atoms with Gasteiger partial charge in [-0.15, -0.1) is 0 Å². The highest BCUT2D eigenvalue weighted by Crippen LogP contribution is 2.39. The van der Waals surface area contributed by atoms with Crippen LogP contribution in [0.4, 0.5) is 0 Å². The van der Waals surface area contributed by atoms with Gasteiger partial charge in [-0.25, -0.2) is 0 Å². The quantitative estimate of drug-likeness (QED) is 0.817. The molecule has 2 rings (SSSR count). The Labute approximate surface area is 128 Å². The lowest BCUT2D eigenvalue weighted by Gasteiger charge is -2.27. The van der Waals surface area contributed by atoms with Gasteiger partial charge >= 0.3 is 0 Å². The fraction of sp³-hybridized carbons (Fsp3) is 0.706. The van der Waals surface area contributed by atoms with E-state index in [2.05, 4.69) is 44.9 Å². The largest absolute Gasteiger partial charge is 0.486 e. The summed E-state index contributed by atoms with van der Waals surface area (Å²) in [7, 11) is 0. The highest BCUT2D eigenvalue weighted by molar-refractivity contribution is 5.21. The summed E-state index contributed by atoms with van der Waals surface area (Å²) in [5, 5.41) is 3.34. The Kier molecular flexibility index (Phi) is 4.89. The zero-order valence-electron chi connectivity index (χ0n) is 13.9. The molecule has 0 bridgehead atoms. The number of hydrogen-bond donors (Lipinski definition) is 1. The molecule has 1 aromatic heterocycles. The number of nitrogens with zero attached hydrogens (tertiary/aromatic N) is 1. The summed E-state index contributed by atoms with van der Waals surface area (Å²) >= 11 is 0. The molecule has 2 heterocycles. The first kappa shape index (κ1) is 16.2. The van der Waals surface area contributed by atoms with Crippen molar-refractivity contribution in [1.82, 2.24) is 10.3 Å². The van der Waals surface area contributed by atoms with Crippen molar-refractivity contribution in [2.45, 2.75) is 71.3 Å². The molecular formula is C17H28N2O2. The van der Waals surface area contributed by atoms with E-state index in [0.29, 0.717) is 0 Å². The third kappa shape index (κ3) is 4.42. The van der Waals surface area contributed by atoms with Gasteiger partial charge in [0.05, 0.1) is 17.5 Å². The van der Waals surface area contributed by atoms with Gasteiger partial charge < -0.3 is 14.8 Å². The molecule has 1 aliphatic heterocycles. The molecule has 1 saturated heterocycles. The second-order valence-electron chi connectivity index (χ2n) is 6.94. The number of pyridine rings is 1. The van der Waals surface area contributed by atoms with Gasteiger partial charge in [-0.1, -0.05) is 6.92 Å². The molecule has 0 spiro atoms. The minimum atomic E-state index is -0.273.